The van der Waals surface area contributed by atoms with Crippen LogP contribution in [0, 0.1) is 0 Å². The number of amides is 2. The smallest absolute Gasteiger partial charge is 0.305 e. The van der Waals surface area contributed by atoms with Crippen LogP contribution in [0.15, 0.2) is 53.5 Å². The number of hydrogen-bond acceptors (Lipinski definition) is 4. The first-order valence-electron chi connectivity index (χ1n) is 8.41. The molecular formula is C19H21N5O4. The maximum Gasteiger partial charge on any atom is 0.305 e. The monoisotopic (exact) mass is 383 g/mol. The number of aliphatic carboxylic acids is 1. The third-order valence-corrected chi connectivity index (χ3v) is 3.67. The first-order valence-corrected chi connectivity index (χ1v) is 8.41. The van der Waals surface area contributed by atoms with Crippen LogP contribution in [0.2, 0.25) is 0 Å². The molecule has 2 aromatic carbocycles. The van der Waals surface area contributed by atoms with Crippen molar-refractivity contribution in [3.63, 3.8) is 0 Å². The van der Waals surface area contributed by atoms with Gasteiger partial charge in [-0.2, -0.15) is 0 Å². The zero-order chi connectivity index (χ0) is 20.5. The molecule has 0 aromatic heterocycles. The Bertz CT molecular complexity index is 889. The van der Waals surface area contributed by atoms with Crippen molar-refractivity contribution >= 4 is 29.4 Å². The van der Waals surface area contributed by atoms with E-state index < -0.39 is 11.9 Å². The average Bonchev–Trinajstić information content (AvgIpc) is 2.66. The normalized spacial score (nSPS) is 10.0. The number of carbonyl (C=O) groups excluding carboxylic acids is 2. The number of rotatable bonds is 8. The summed E-state index contributed by atoms with van der Waals surface area (Å²) in [6.07, 6.45) is -0.165. The molecule has 0 heterocycles. The molecule has 2 rings (SSSR count). The van der Waals surface area contributed by atoms with Gasteiger partial charge in [0.2, 0.25) is 0 Å². The molecule has 0 bridgehead atoms. The highest BCUT2D eigenvalue weighted by molar-refractivity contribution is 6.05. The van der Waals surface area contributed by atoms with E-state index in [2.05, 4.69) is 15.6 Å². The van der Waals surface area contributed by atoms with Crippen LogP contribution < -0.4 is 22.1 Å². The summed E-state index contributed by atoms with van der Waals surface area (Å²) >= 11 is 0. The number of benzene rings is 2. The molecule has 146 valence electrons. The van der Waals surface area contributed by atoms with Gasteiger partial charge >= 0.3 is 5.97 Å². The van der Waals surface area contributed by atoms with E-state index >= 15 is 0 Å². The molecule has 0 unspecified atom stereocenters. The third-order valence-electron chi connectivity index (χ3n) is 3.67. The van der Waals surface area contributed by atoms with E-state index in [0.29, 0.717) is 23.4 Å². The quantitative estimate of drug-likeness (QED) is 0.336. The molecule has 0 saturated carbocycles. The summed E-state index contributed by atoms with van der Waals surface area (Å²) in [6.45, 7) is 0.347. The second-order valence-corrected chi connectivity index (χ2v) is 5.87. The molecule has 9 heteroatoms. The van der Waals surface area contributed by atoms with Crippen LogP contribution in [0.25, 0.3) is 0 Å². The van der Waals surface area contributed by atoms with Gasteiger partial charge in [-0.3, -0.25) is 14.4 Å². The lowest BCUT2D eigenvalue weighted by molar-refractivity contribution is -0.136. The number of carboxylic acid groups (broad SMARTS) is 1. The Morgan fingerprint density at radius 2 is 1.68 bits per heavy atom. The fourth-order valence-corrected chi connectivity index (χ4v) is 2.27. The van der Waals surface area contributed by atoms with Crippen LogP contribution in [-0.2, 0) is 11.3 Å². The highest BCUT2D eigenvalue weighted by Crippen LogP contribution is 2.13. The molecule has 2 amide bonds. The summed E-state index contributed by atoms with van der Waals surface area (Å²) in [6, 6.07) is 13.1. The van der Waals surface area contributed by atoms with Gasteiger partial charge in [-0.15, -0.1) is 0 Å². The van der Waals surface area contributed by atoms with E-state index in [1.165, 1.54) is 6.07 Å². The molecular weight excluding hydrogens is 362 g/mol. The highest BCUT2D eigenvalue weighted by atomic mass is 16.4. The summed E-state index contributed by atoms with van der Waals surface area (Å²) < 4.78 is 0. The van der Waals surface area contributed by atoms with Crippen LogP contribution in [0.4, 0.5) is 5.69 Å². The fourth-order valence-electron chi connectivity index (χ4n) is 2.27. The molecule has 0 spiro atoms. The summed E-state index contributed by atoms with van der Waals surface area (Å²) in [5.41, 5.74) is 12.6. The van der Waals surface area contributed by atoms with Gasteiger partial charge in [0.1, 0.15) is 0 Å². The molecule has 0 radical (unpaired) electrons. The Balaban J connectivity index is 1.99. The van der Waals surface area contributed by atoms with Crippen LogP contribution in [0.1, 0.15) is 32.7 Å². The van der Waals surface area contributed by atoms with E-state index in [1.54, 1.807) is 42.5 Å². The summed E-state index contributed by atoms with van der Waals surface area (Å²) in [4.78, 5) is 38.8. The second-order valence-electron chi connectivity index (χ2n) is 5.87. The lowest BCUT2D eigenvalue weighted by Gasteiger charge is -2.08. The topological polar surface area (TPSA) is 160 Å². The molecule has 0 aliphatic rings. The SMILES string of the molecule is NC(N)=NCc1ccc(C(=O)Nc2cccc(C(=O)NCCC(=O)O)c2)cc1. The van der Waals surface area contributed by atoms with E-state index in [1.807, 2.05) is 0 Å². The molecule has 0 atom stereocenters. The van der Waals surface area contributed by atoms with Gasteiger partial charge in [-0.25, -0.2) is 4.99 Å². The van der Waals surface area contributed by atoms with Crippen molar-refractivity contribution in [3.05, 3.63) is 65.2 Å². The van der Waals surface area contributed by atoms with Crippen molar-refractivity contribution < 1.29 is 19.5 Å². The Hall–Kier alpha value is -3.88. The van der Waals surface area contributed by atoms with Crippen molar-refractivity contribution in [2.45, 2.75) is 13.0 Å². The van der Waals surface area contributed by atoms with Crippen molar-refractivity contribution in [2.75, 3.05) is 11.9 Å². The minimum atomic E-state index is -0.995. The first kappa shape index (κ1) is 20.4. The average molecular weight is 383 g/mol. The van der Waals surface area contributed by atoms with Crippen molar-refractivity contribution in [1.82, 2.24) is 5.32 Å². The zero-order valence-corrected chi connectivity index (χ0v) is 15.0. The number of nitrogens with zero attached hydrogens (tertiary/aromatic N) is 1. The molecule has 28 heavy (non-hydrogen) atoms. The van der Waals surface area contributed by atoms with E-state index in [9.17, 15) is 14.4 Å². The number of aliphatic imine (C=N–C) groups is 1. The largest absolute Gasteiger partial charge is 0.481 e. The Kier molecular flexibility index (Phi) is 7.09. The van der Waals surface area contributed by atoms with Crippen LogP contribution in [0.3, 0.4) is 0 Å². The number of guanidine groups is 1. The fraction of sp³-hybridized carbons (Fsp3) is 0.158. The number of anilines is 1. The molecule has 7 N–H and O–H groups in total. The van der Waals surface area contributed by atoms with Crippen molar-refractivity contribution in [3.8, 4) is 0 Å². The van der Waals surface area contributed by atoms with Gasteiger partial charge in [-0.05, 0) is 35.9 Å². The van der Waals surface area contributed by atoms with E-state index in [4.69, 9.17) is 16.6 Å². The van der Waals surface area contributed by atoms with Gasteiger partial charge in [0, 0.05) is 23.4 Å². The maximum atomic E-state index is 12.4. The lowest BCUT2D eigenvalue weighted by atomic mass is 10.1. The number of nitrogens with one attached hydrogen (secondary N) is 2. The number of hydrogen-bond donors (Lipinski definition) is 5. The number of carbonyl (C=O) groups is 3. The minimum absolute atomic E-state index is 0.00583. The van der Waals surface area contributed by atoms with Gasteiger partial charge in [0.15, 0.2) is 5.96 Å². The van der Waals surface area contributed by atoms with Crippen molar-refractivity contribution in [2.24, 2.45) is 16.5 Å². The molecule has 0 aliphatic carbocycles. The van der Waals surface area contributed by atoms with Crippen LogP contribution in [0.5, 0.6) is 0 Å². The molecule has 0 fully saturated rings. The predicted molar refractivity (Wildman–Crippen MR) is 105 cm³/mol. The van der Waals surface area contributed by atoms with Crippen LogP contribution in [-0.4, -0.2) is 35.4 Å². The zero-order valence-electron chi connectivity index (χ0n) is 15.0. The van der Waals surface area contributed by atoms with Gasteiger partial charge in [0.05, 0.1) is 13.0 Å². The minimum Gasteiger partial charge on any atom is -0.481 e. The number of nitrogens with two attached hydrogens (primary N) is 2. The molecule has 9 nitrogen and oxygen atoms in total. The number of carboxylic acids is 1. The summed E-state index contributed by atoms with van der Waals surface area (Å²) in [5.74, 6) is -1.75. The molecule has 0 aliphatic heterocycles. The Morgan fingerprint density at radius 1 is 0.964 bits per heavy atom. The molecule has 0 saturated heterocycles. The van der Waals surface area contributed by atoms with Gasteiger partial charge in [0.25, 0.3) is 11.8 Å². The standard InChI is InChI=1S/C19H21N5O4/c20-19(21)23-11-12-4-6-13(7-5-12)18(28)24-15-3-1-2-14(10-15)17(27)22-9-8-16(25)26/h1-7,10H,8-9,11H2,(H,22,27)(H,24,28)(H,25,26)(H4,20,21,23). The third kappa shape index (κ3) is 6.45. The highest BCUT2D eigenvalue weighted by Gasteiger charge is 2.10. The Labute approximate surface area is 161 Å². The second kappa shape index (κ2) is 9.72. The maximum absolute atomic E-state index is 12.4. The van der Waals surface area contributed by atoms with Gasteiger partial charge in [-0.1, -0.05) is 18.2 Å². The van der Waals surface area contributed by atoms with E-state index in [-0.39, 0.29) is 24.8 Å². The van der Waals surface area contributed by atoms with Crippen LogP contribution >= 0.6 is 0 Å². The first-order chi connectivity index (χ1) is 13.3. The van der Waals surface area contributed by atoms with Crippen molar-refractivity contribution in [1.29, 1.82) is 0 Å². The predicted octanol–water partition coefficient (Wildman–Crippen LogP) is 0.917. The summed E-state index contributed by atoms with van der Waals surface area (Å²) in [7, 11) is 0. The Morgan fingerprint density at radius 3 is 2.32 bits per heavy atom. The summed E-state index contributed by atoms with van der Waals surface area (Å²) in [5, 5.41) is 13.8. The molecule has 2 aromatic rings. The van der Waals surface area contributed by atoms with E-state index in [0.717, 1.165) is 5.56 Å². The lowest BCUT2D eigenvalue weighted by Crippen LogP contribution is -2.26. The van der Waals surface area contributed by atoms with Gasteiger partial charge < -0.3 is 27.2 Å².